The molecule has 56 heavy (non-hydrogen) atoms. The van der Waals surface area contributed by atoms with Crippen LogP contribution in [0.15, 0.2) is 194 Å². The lowest BCUT2D eigenvalue weighted by atomic mass is 9.70. The van der Waals surface area contributed by atoms with E-state index in [1.165, 1.54) is 75.8 Å². The van der Waals surface area contributed by atoms with Gasteiger partial charge in [-0.05, 0) is 68.3 Å². The summed E-state index contributed by atoms with van der Waals surface area (Å²) in [6.45, 7) is 0. The highest BCUT2D eigenvalue weighted by Gasteiger charge is 2.51. The number of aromatic nitrogens is 2. The van der Waals surface area contributed by atoms with Crippen molar-refractivity contribution in [2.75, 3.05) is 0 Å². The number of hydrogen-bond donors (Lipinski definition) is 0. The average Bonchev–Trinajstić information content (AvgIpc) is 3.90. The average molecular weight is 729 g/mol. The van der Waals surface area contributed by atoms with Gasteiger partial charge < -0.3 is 0 Å². The summed E-state index contributed by atoms with van der Waals surface area (Å²) < 4.78 is 2.55. The minimum absolute atomic E-state index is 0.431. The van der Waals surface area contributed by atoms with Gasteiger partial charge in [0.2, 0.25) is 0 Å². The summed E-state index contributed by atoms with van der Waals surface area (Å²) in [6.07, 6.45) is 0. The van der Waals surface area contributed by atoms with Crippen molar-refractivity contribution in [2.45, 2.75) is 5.41 Å². The maximum Gasteiger partial charge on any atom is 0.160 e. The Balaban J connectivity index is 1.18. The Morgan fingerprint density at radius 2 is 0.893 bits per heavy atom. The first-order valence-corrected chi connectivity index (χ1v) is 20.0. The molecule has 0 amide bonds. The Morgan fingerprint density at radius 3 is 1.57 bits per heavy atom. The van der Waals surface area contributed by atoms with Crippen LogP contribution >= 0.6 is 11.3 Å². The molecule has 8 aromatic carbocycles. The lowest BCUT2D eigenvalue weighted by Crippen LogP contribution is -2.25. The Hall–Kier alpha value is -6.94. The molecule has 0 radical (unpaired) electrons. The molecule has 0 aliphatic heterocycles. The number of rotatable bonds is 4. The quantitative estimate of drug-likeness (QED) is 0.180. The summed E-state index contributed by atoms with van der Waals surface area (Å²) in [7, 11) is 0. The van der Waals surface area contributed by atoms with Gasteiger partial charge in [-0.15, -0.1) is 11.3 Å². The van der Waals surface area contributed by atoms with E-state index in [-0.39, 0.29) is 0 Å². The summed E-state index contributed by atoms with van der Waals surface area (Å²) in [5, 5.41) is 2.54. The summed E-state index contributed by atoms with van der Waals surface area (Å²) in [5.74, 6) is 0.715. The number of benzene rings is 8. The summed E-state index contributed by atoms with van der Waals surface area (Å²) in [4.78, 5) is 10.5. The van der Waals surface area contributed by atoms with Gasteiger partial charge in [-0.25, -0.2) is 9.97 Å². The standard InChI is InChI=1S/C53H32N2S/c1-3-15-33(16-4-1)47-32-48(55-52(54-47)34-17-5-2-6-18-34)42-30-29-41-40-22-10-14-26-49(40)56-51(41)50(42)35-27-28-39-38-21-9-13-25-45(38)53(46(39)31-35)43-23-11-7-19-36(43)37-20-8-12-24-44(37)53/h1-32H. The molecule has 0 atom stereocenters. The van der Waals surface area contributed by atoms with Gasteiger partial charge in [0, 0.05) is 42.4 Å². The first-order valence-electron chi connectivity index (χ1n) is 19.2. The van der Waals surface area contributed by atoms with E-state index in [4.69, 9.17) is 9.97 Å². The Bertz CT molecular complexity index is 3080. The van der Waals surface area contributed by atoms with Crippen LogP contribution in [0.3, 0.4) is 0 Å². The summed E-state index contributed by atoms with van der Waals surface area (Å²) >= 11 is 1.87. The van der Waals surface area contributed by atoms with Gasteiger partial charge >= 0.3 is 0 Å². The highest BCUT2D eigenvalue weighted by molar-refractivity contribution is 7.26. The molecule has 2 aliphatic carbocycles. The van der Waals surface area contributed by atoms with Crippen molar-refractivity contribution >= 4 is 31.5 Å². The van der Waals surface area contributed by atoms with E-state index in [1.807, 2.05) is 17.4 Å². The van der Waals surface area contributed by atoms with Crippen LogP contribution in [-0.2, 0) is 5.41 Å². The molecular formula is C53H32N2S. The molecule has 0 bridgehead atoms. The molecular weight excluding hydrogens is 697 g/mol. The fourth-order valence-electron chi connectivity index (χ4n) is 9.60. The van der Waals surface area contributed by atoms with E-state index in [2.05, 4.69) is 188 Å². The predicted molar refractivity (Wildman–Crippen MR) is 233 cm³/mol. The Kier molecular flexibility index (Phi) is 6.75. The van der Waals surface area contributed by atoms with Crippen LogP contribution in [0, 0.1) is 0 Å². The SMILES string of the molecule is c1ccc(-c2cc(-c3ccc4c(sc5ccccc54)c3-c3ccc4c(c3)C3(c5ccccc5-c5ccccc53)c3ccccc3-4)nc(-c3ccccc3)n2)cc1. The summed E-state index contributed by atoms with van der Waals surface area (Å²) in [5.41, 5.74) is 17.5. The van der Waals surface area contributed by atoms with Gasteiger partial charge in [-0.2, -0.15) is 0 Å². The summed E-state index contributed by atoms with van der Waals surface area (Å²) in [6, 6.07) is 70.7. The van der Waals surface area contributed by atoms with E-state index < -0.39 is 5.41 Å². The number of hydrogen-bond acceptors (Lipinski definition) is 3. The zero-order valence-electron chi connectivity index (χ0n) is 30.3. The third-order valence-corrected chi connectivity index (χ3v) is 13.1. The van der Waals surface area contributed by atoms with Crippen molar-refractivity contribution in [1.82, 2.24) is 9.97 Å². The molecule has 12 rings (SSSR count). The first-order chi connectivity index (χ1) is 27.8. The monoisotopic (exact) mass is 728 g/mol. The van der Waals surface area contributed by atoms with Gasteiger partial charge in [0.15, 0.2) is 5.82 Å². The van der Waals surface area contributed by atoms with E-state index in [1.54, 1.807) is 0 Å². The van der Waals surface area contributed by atoms with Crippen molar-refractivity contribution in [1.29, 1.82) is 0 Å². The first kappa shape index (κ1) is 31.4. The van der Waals surface area contributed by atoms with Crippen molar-refractivity contribution in [3.63, 3.8) is 0 Å². The molecule has 3 heteroatoms. The maximum absolute atomic E-state index is 5.38. The third-order valence-electron chi connectivity index (χ3n) is 11.9. The molecule has 0 N–H and O–H groups in total. The van der Waals surface area contributed by atoms with Crippen molar-refractivity contribution in [3.8, 4) is 67.3 Å². The molecule has 0 saturated carbocycles. The lowest BCUT2D eigenvalue weighted by Gasteiger charge is -2.30. The largest absolute Gasteiger partial charge is 0.228 e. The van der Waals surface area contributed by atoms with Crippen LogP contribution in [0.1, 0.15) is 22.3 Å². The van der Waals surface area contributed by atoms with Crippen LogP contribution < -0.4 is 0 Å². The fraction of sp³-hybridized carbons (Fsp3) is 0.0189. The van der Waals surface area contributed by atoms with Gasteiger partial charge in [0.25, 0.3) is 0 Å². The second kappa shape index (κ2) is 12.0. The predicted octanol–water partition coefficient (Wildman–Crippen LogP) is 13.9. The molecule has 1 spiro atoms. The second-order valence-electron chi connectivity index (χ2n) is 14.8. The second-order valence-corrected chi connectivity index (χ2v) is 15.9. The van der Waals surface area contributed by atoms with E-state index in [0.29, 0.717) is 5.82 Å². The zero-order chi connectivity index (χ0) is 36.8. The van der Waals surface area contributed by atoms with Gasteiger partial charge in [0.05, 0.1) is 16.8 Å². The molecule has 2 nitrogen and oxygen atoms in total. The van der Waals surface area contributed by atoms with Crippen LogP contribution in [0.25, 0.3) is 87.5 Å². The van der Waals surface area contributed by atoms with Gasteiger partial charge in [-0.1, -0.05) is 176 Å². The van der Waals surface area contributed by atoms with Gasteiger partial charge in [-0.3, -0.25) is 0 Å². The van der Waals surface area contributed by atoms with Crippen molar-refractivity contribution < 1.29 is 0 Å². The van der Waals surface area contributed by atoms with Crippen molar-refractivity contribution in [3.05, 3.63) is 216 Å². The van der Waals surface area contributed by atoms with Crippen molar-refractivity contribution in [2.24, 2.45) is 0 Å². The molecule has 0 saturated heterocycles. The minimum atomic E-state index is -0.431. The number of fused-ring (bicyclic) bond motifs is 13. The molecule has 0 fully saturated rings. The highest BCUT2D eigenvalue weighted by Crippen LogP contribution is 2.63. The molecule has 10 aromatic rings. The fourth-order valence-corrected chi connectivity index (χ4v) is 10.9. The number of nitrogens with zero attached hydrogens (tertiary/aromatic N) is 2. The van der Waals surface area contributed by atoms with Crippen LogP contribution in [0.5, 0.6) is 0 Å². The Morgan fingerprint density at radius 1 is 0.357 bits per heavy atom. The molecule has 0 unspecified atom stereocenters. The number of thiophene rings is 1. The topological polar surface area (TPSA) is 25.8 Å². The molecule has 2 heterocycles. The molecule has 2 aromatic heterocycles. The van der Waals surface area contributed by atoms with E-state index in [0.717, 1.165) is 28.1 Å². The molecule has 2 aliphatic rings. The minimum Gasteiger partial charge on any atom is -0.228 e. The lowest BCUT2D eigenvalue weighted by molar-refractivity contribution is 0.794. The normalized spacial score (nSPS) is 13.1. The van der Waals surface area contributed by atoms with Crippen LogP contribution in [-0.4, -0.2) is 9.97 Å². The molecule has 260 valence electrons. The highest BCUT2D eigenvalue weighted by atomic mass is 32.1. The smallest absolute Gasteiger partial charge is 0.160 e. The maximum atomic E-state index is 5.38. The van der Waals surface area contributed by atoms with Crippen LogP contribution in [0.2, 0.25) is 0 Å². The zero-order valence-corrected chi connectivity index (χ0v) is 31.1. The van der Waals surface area contributed by atoms with E-state index >= 15 is 0 Å². The van der Waals surface area contributed by atoms with E-state index in [9.17, 15) is 0 Å². The van der Waals surface area contributed by atoms with Crippen LogP contribution in [0.4, 0.5) is 0 Å². The van der Waals surface area contributed by atoms with Gasteiger partial charge in [0.1, 0.15) is 0 Å². The Labute approximate surface area is 329 Å². The third kappa shape index (κ3) is 4.38.